The summed E-state index contributed by atoms with van der Waals surface area (Å²) in [4.78, 5) is 21.6. The van der Waals surface area contributed by atoms with Gasteiger partial charge in [-0.05, 0) is 47.7 Å². The van der Waals surface area contributed by atoms with Crippen LogP contribution in [-0.2, 0) is 10.2 Å². The fraction of sp³-hybridized carbons (Fsp3) is 0.500. The van der Waals surface area contributed by atoms with Gasteiger partial charge in [0.05, 0.1) is 28.0 Å². The first-order valence-electron chi connectivity index (χ1n) is 9.39. The number of fused-ring (bicyclic) bond motifs is 4. The van der Waals surface area contributed by atoms with Gasteiger partial charge in [-0.3, -0.25) is 14.7 Å². The minimum absolute atomic E-state index is 0.0966. The normalized spacial score (nSPS) is 27.3. The Labute approximate surface area is 165 Å². The van der Waals surface area contributed by atoms with Crippen molar-refractivity contribution in [1.82, 2.24) is 9.88 Å². The summed E-state index contributed by atoms with van der Waals surface area (Å²) in [5, 5.41) is 10.6. The number of halogens is 2. The molecule has 7 heteroatoms. The van der Waals surface area contributed by atoms with Crippen molar-refractivity contribution in [2.45, 2.75) is 43.2 Å². The molecule has 3 heterocycles. The van der Waals surface area contributed by atoms with Crippen LogP contribution in [0.4, 0.5) is 10.1 Å². The van der Waals surface area contributed by atoms with Gasteiger partial charge in [0.25, 0.3) is 0 Å². The van der Waals surface area contributed by atoms with E-state index in [9.17, 15) is 14.3 Å². The van der Waals surface area contributed by atoms with Gasteiger partial charge in [-0.2, -0.15) is 0 Å². The Morgan fingerprint density at radius 1 is 1.26 bits per heavy atom. The molecule has 1 aromatic carbocycles. The molecular formula is C20H21BrFN3O2. The summed E-state index contributed by atoms with van der Waals surface area (Å²) in [5.41, 5.74) is 1.81. The number of anilines is 1. The van der Waals surface area contributed by atoms with Crippen LogP contribution in [0.1, 0.15) is 31.2 Å². The molecule has 1 N–H and O–H groups in total. The molecular weight excluding hydrogens is 413 g/mol. The number of aliphatic hydroxyl groups is 1. The standard InChI is InChI=1S/C20H21BrFN3O2/c1-24-17-8-23-16-7-15(22)14(21)6-13(16)18(17)20(19(24)27)9-25(10-20)11-2-4-12(26)5-3-11/h6-8,11-12,26H,2-5,9-10H2,1H3. The summed E-state index contributed by atoms with van der Waals surface area (Å²) in [6.45, 7) is 1.36. The van der Waals surface area contributed by atoms with Crippen molar-refractivity contribution in [3.8, 4) is 0 Å². The van der Waals surface area contributed by atoms with Crippen LogP contribution in [0.5, 0.6) is 0 Å². The van der Waals surface area contributed by atoms with Crippen molar-refractivity contribution in [2.75, 3.05) is 25.0 Å². The van der Waals surface area contributed by atoms with Crippen molar-refractivity contribution in [2.24, 2.45) is 0 Å². The first-order valence-corrected chi connectivity index (χ1v) is 10.2. The second-order valence-electron chi connectivity index (χ2n) is 8.12. The third kappa shape index (κ3) is 2.41. The maximum Gasteiger partial charge on any atom is 0.240 e. The molecule has 5 rings (SSSR count). The van der Waals surface area contributed by atoms with Gasteiger partial charge in [-0.1, -0.05) is 0 Å². The zero-order valence-electron chi connectivity index (χ0n) is 15.1. The van der Waals surface area contributed by atoms with Crippen molar-refractivity contribution in [1.29, 1.82) is 0 Å². The molecule has 1 saturated heterocycles. The number of rotatable bonds is 1. The number of pyridine rings is 1. The molecule has 0 radical (unpaired) electrons. The number of amides is 1. The maximum absolute atomic E-state index is 14.0. The lowest BCUT2D eigenvalue weighted by molar-refractivity contribution is -0.131. The molecule has 2 aromatic rings. The zero-order chi connectivity index (χ0) is 18.9. The van der Waals surface area contributed by atoms with Crippen LogP contribution in [0.15, 0.2) is 22.8 Å². The molecule has 0 unspecified atom stereocenters. The quantitative estimate of drug-likeness (QED) is 0.750. The average Bonchev–Trinajstić information content (AvgIpc) is 2.84. The Balaban J connectivity index is 1.55. The smallest absolute Gasteiger partial charge is 0.240 e. The molecule has 3 aliphatic rings. The third-order valence-corrected chi connectivity index (χ3v) is 7.18. The predicted octanol–water partition coefficient (Wildman–Crippen LogP) is 2.97. The van der Waals surface area contributed by atoms with Crippen LogP contribution in [0.2, 0.25) is 0 Å². The summed E-state index contributed by atoms with van der Waals surface area (Å²) in [7, 11) is 1.79. The predicted molar refractivity (Wildman–Crippen MR) is 104 cm³/mol. The van der Waals surface area contributed by atoms with Crippen LogP contribution < -0.4 is 4.90 Å². The maximum atomic E-state index is 14.0. The summed E-state index contributed by atoms with van der Waals surface area (Å²) < 4.78 is 14.4. The highest BCUT2D eigenvalue weighted by atomic mass is 79.9. The molecule has 1 aliphatic carbocycles. The van der Waals surface area contributed by atoms with Gasteiger partial charge in [0.15, 0.2) is 0 Å². The monoisotopic (exact) mass is 433 g/mol. The summed E-state index contributed by atoms with van der Waals surface area (Å²) in [6.07, 6.45) is 5.12. The zero-order valence-corrected chi connectivity index (χ0v) is 16.7. The molecule has 1 amide bonds. The highest BCUT2D eigenvalue weighted by Gasteiger charge is 2.59. The molecule has 1 spiro atoms. The second kappa shape index (κ2) is 5.96. The Kier molecular flexibility index (Phi) is 3.87. The van der Waals surface area contributed by atoms with Gasteiger partial charge < -0.3 is 10.0 Å². The highest BCUT2D eigenvalue weighted by molar-refractivity contribution is 9.10. The van der Waals surface area contributed by atoms with E-state index in [1.54, 1.807) is 24.2 Å². The molecule has 2 fully saturated rings. The average molecular weight is 434 g/mol. The van der Waals surface area contributed by atoms with E-state index in [4.69, 9.17) is 0 Å². The highest BCUT2D eigenvalue weighted by Crippen LogP contribution is 2.51. The van der Waals surface area contributed by atoms with Crippen molar-refractivity contribution < 1.29 is 14.3 Å². The Bertz CT molecular complexity index is 952. The third-order valence-electron chi connectivity index (χ3n) is 6.57. The van der Waals surface area contributed by atoms with E-state index in [-0.39, 0.29) is 17.8 Å². The van der Waals surface area contributed by atoms with Crippen LogP contribution in [0.3, 0.4) is 0 Å². The molecule has 27 heavy (non-hydrogen) atoms. The van der Waals surface area contributed by atoms with E-state index in [0.717, 1.165) is 42.3 Å². The van der Waals surface area contributed by atoms with Crippen molar-refractivity contribution in [3.05, 3.63) is 34.2 Å². The number of hydrogen-bond acceptors (Lipinski definition) is 4. The van der Waals surface area contributed by atoms with Crippen molar-refractivity contribution in [3.63, 3.8) is 0 Å². The number of carbonyl (C=O) groups excluding carboxylic acids is 1. The van der Waals surface area contributed by atoms with Gasteiger partial charge in [0.2, 0.25) is 5.91 Å². The Morgan fingerprint density at radius 3 is 2.67 bits per heavy atom. The van der Waals surface area contributed by atoms with Gasteiger partial charge >= 0.3 is 0 Å². The minimum atomic E-state index is -0.571. The lowest BCUT2D eigenvalue weighted by Gasteiger charge is -2.51. The van der Waals surface area contributed by atoms with E-state index in [0.29, 0.717) is 29.1 Å². The number of carbonyl (C=O) groups is 1. The van der Waals surface area contributed by atoms with Gasteiger partial charge in [0, 0.05) is 43.2 Å². The number of benzene rings is 1. The fourth-order valence-electron chi connectivity index (χ4n) is 5.09. The van der Waals surface area contributed by atoms with Crippen molar-refractivity contribution >= 4 is 38.4 Å². The molecule has 2 aliphatic heterocycles. The minimum Gasteiger partial charge on any atom is -0.393 e. The summed E-state index contributed by atoms with van der Waals surface area (Å²) >= 11 is 3.28. The van der Waals surface area contributed by atoms with Gasteiger partial charge in [-0.25, -0.2) is 4.39 Å². The van der Waals surface area contributed by atoms with E-state index in [1.807, 2.05) is 0 Å². The van der Waals surface area contributed by atoms with E-state index >= 15 is 0 Å². The first kappa shape index (κ1) is 17.5. The SMILES string of the molecule is CN1C(=O)C2(CN(C3CCC(O)CC3)C2)c2c1cnc1cc(F)c(Br)cc21. The van der Waals surface area contributed by atoms with Crippen LogP contribution in [0, 0.1) is 5.82 Å². The Morgan fingerprint density at radius 2 is 1.96 bits per heavy atom. The molecule has 0 atom stereocenters. The number of likely N-dealkylation sites (tertiary alicyclic amines) is 1. The fourth-order valence-corrected chi connectivity index (χ4v) is 5.44. The van der Waals surface area contributed by atoms with Crippen LogP contribution in [-0.4, -0.2) is 53.2 Å². The number of aromatic nitrogens is 1. The molecule has 5 nitrogen and oxygen atoms in total. The van der Waals surface area contributed by atoms with E-state index < -0.39 is 5.41 Å². The largest absolute Gasteiger partial charge is 0.393 e. The van der Waals surface area contributed by atoms with Gasteiger partial charge in [-0.15, -0.1) is 0 Å². The number of aliphatic hydroxyl groups excluding tert-OH is 1. The molecule has 0 bridgehead atoms. The molecule has 142 valence electrons. The van der Waals surface area contributed by atoms with Crippen LogP contribution in [0.25, 0.3) is 10.9 Å². The van der Waals surface area contributed by atoms with Crippen LogP contribution >= 0.6 is 15.9 Å². The number of likely N-dealkylation sites (N-methyl/N-ethyl adjacent to an activating group) is 1. The lowest BCUT2D eigenvalue weighted by Crippen LogP contribution is -2.66. The number of nitrogens with zero attached hydrogens (tertiary/aromatic N) is 3. The van der Waals surface area contributed by atoms with Gasteiger partial charge in [0.1, 0.15) is 11.2 Å². The van der Waals surface area contributed by atoms with E-state index in [2.05, 4.69) is 25.8 Å². The number of hydrogen-bond donors (Lipinski definition) is 1. The summed E-state index contributed by atoms with van der Waals surface area (Å²) in [6, 6.07) is 3.61. The topological polar surface area (TPSA) is 56.7 Å². The van der Waals surface area contributed by atoms with E-state index in [1.165, 1.54) is 6.07 Å². The Hall–Kier alpha value is -1.57. The molecule has 1 saturated carbocycles. The molecule has 1 aromatic heterocycles. The lowest BCUT2D eigenvalue weighted by atomic mass is 9.71. The first-order chi connectivity index (χ1) is 12.9. The summed E-state index contributed by atoms with van der Waals surface area (Å²) in [5.74, 6) is -0.253. The second-order valence-corrected chi connectivity index (χ2v) is 8.97.